The second-order valence-corrected chi connectivity index (χ2v) is 7.54. The predicted octanol–water partition coefficient (Wildman–Crippen LogP) is 2.62. The lowest BCUT2D eigenvalue weighted by atomic mass is 10.2. The minimum Gasteiger partial charge on any atom is -0.492 e. The van der Waals surface area contributed by atoms with Gasteiger partial charge in [0.05, 0.1) is 0 Å². The van der Waals surface area contributed by atoms with Crippen LogP contribution >= 0.6 is 0 Å². The molecule has 0 radical (unpaired) electrons. The van der Waals surface area contributed by atoms with Crippen molar-refractivity contribution >= 4 is 10.0 Å². The number of nitrogens with zero attached hydrogens (tertiary/aromatic N) is 2. The van der Waals surface area contributed by atoms with Gasteiger partial charge in [-0.25, -0.2) is 8.42 Å². The van der Waals surface area contributed by atoms with E-state index in [-0.39, 0.29) is 10.9 Å². The second-order valence-electron chi connectivity index (χ2n) is 5.65. The van der Waals surface area contributed by atoms with Gasteiger partial charge >= 0.3 is 0 Å². The van der Waals surface area contributed by atoms with Gasteiger partial charge in [0.2, 0.25) is 10.0 Å². The van der Waals surface area contributed by atoms with Gasteiger partial charge in [0.15, 0.2) is 0 Å². The molecule has 3 rings (SSSR count). The number of aryl methyl sites for hydroxylation is 1. The van der Waals surface area contributed by atoms with Crippen molar-refractivity contribution in [1.29, 1.82) is 0 Å². The zero-order valence-corrected chi connectivity index (χ0v) is 13.9. The van der Waals surface area contributed by atoms with Crippen LogP contribution in [0.3, 0.4) is 0 Å². The highest BCUT2D eigenvalue weighted by Crippen LogP contribution is 2.31. The molecule has 0 aliphatic heterocycles. The van der Waals surface area contributed by atoms with Crippen LogP contribution in [0.5, 0.6) is 5.75 Å². The molecule has 0 atom stereocenters. The molecule has 6 heteroatoms. The Balaban J connectivity index is 1.70. The summed E-state index contributed by atoms with van der Waals surface area (Å²) >= 11 is 0. The van der Waals surface area contributed by atoms with Crippen molar-refractivity contribution in [2.45, 2.75) is 30.7 Å². The maximum atomic E-state index is 12.8. The van der Waals surface area contributed by atoms with Crippen molar-refractivity contribution < 1.29 is 13.2 Å². The van der Waals surface area contributed by atoms with Gasteiger partial charge in [-0.2, -0.15) is 4.31 Å². The Bertz CT molecular complexity index is 758. The molecule has 5 nitrogen and oxygen atoms in total. The van der Waals surface area contributed by atoms with E-state index in [1.165, 1.54) is 6.20 Å². The Hall–Kier alpha value is -1.92. The summed E-state index contributed by atoms with van der Waals surface area (Å²) in [6.07, 6.45) is 4.78. The summed E-state index contributed by atoms with van der Waals surface area (Å²) in [4.78, 5) is 4.15. The van der Waals surface area contributed by atoms with E-state index < -0.39 is 10.0 Å². The van der Waals surface area contributed by atoms with Crippen LogP contribution in [0.25, 0.3) is 0 Å². The van der Waals surface area contributed by atoms with Gasteiger partial charge in [-0.05, 0) is 43.5 Å². The minimum absolute atomic E-state index is 0.0840. The highest BCUT2D eigenvalue weighted by molar-refractivity contribution is 7.89. The molecule has 1 aliphatic carbocycles. The number of aromatic nitrogens is 1. The van der Waals surface area contributed by atoms with Gasteiger partial charge in [-0.1, -0.05) is 18.2 Å². The Kier molecular flexibility index (Phi) is 4.63. The molecular formula is C17H20N2O3S. The molecule has 1 saturated carbocycles. The first-order chi connectivity index (χ1) is 11.1. The van der Waals surface area contributed by atoms with Crippen molar-refractivity contribution in [1.82, 2.24) is 9.29 Å². The Morgan fingerprint density at radius 1 is 1.22 bits per heavy atom. The normalized spacial score (nSPS) is 14.9. The van der Waals surface area contributed by atoms with E-state index in [1.54, 1.807) is 22.6 Å². The smallest absolute Gasteiger partial charge is 0.244 e. The molecule has 0 N–H and O–H groups in total. The zero-order chi connectivity index (χ0) is 16.3. The maximum Gasteiger partial charge on any atom is 0.244 e. The Morgan fingerprint density at radius 2 is 2.00 bits per heavy atom. The van der Waals surface area contributed by atoms with Crippen LogP contribution in [0.1, 0.15) is 18.4 Å². The van der Waals surface area contributed by atoms with Crippen LogP contribution in [0.15, 0.2) is 53.7 Å². The molecule has 1 aromatic heterocycles. The number of ether oxygens (including phenoxy) is 1. The molecule has 0 spiro atoms. The number of benzene rings is 1. The summed E-state index contributed by atoms with van der Waals surface area (Å²) in [6, 6.07) is 11.0. The van der Waals surface area contributed by atoms with Crippen LogP contribution in [0, 0.1) is 6.92 Å². The predicted molar refractivity (Wildman–Crippen MR) is 87.8 cm³/mol. The molecule has 0 bridgehead atoms. The van der Waals surface area contributed by atoms with E-state index >= 15 is 0 Å². The Labute approximate surface area is 137 Å². The van der Waals surface area contributed by atoms with Crippen LogP contribution in [0.4, 0.5) is 0 Å². The summed E-state index contributed by atoms with van der Waals surface area (Å²) in [5.74, 6) is 0.794. The molecule has 0 unspecified atom stereocenters. The van der Waals surface area contributed by atoms with Crippen LogP contribution < -0.4 is 4.74 Å². The molecular weight excluding hydrogens is 312 g/mol. The molecule has 0 saturated heterocycles. The number of sulfonamides is 1. The van der Waals surface area contributed by atoms with Crippen LogP contribution in [-0.4, -0.2) is 36.9 Å². The van der Waals surface area contributed by atoms with E-state index in [9.17, 15) is 8.42 Å². The SMILES string of the molecule is Cc1ccccc1OCCN(C1CC1)S(=O)(=O)c1cccnc1. The first-order valence-corrected chi connectivity index (χ1v) is 9.13. The topological polar surface area (TPSA) is 59.5 Å². The van der Waals surface area contributed by atoms with Crippen molar-refractivity contribution in [3.63, 3.8) is 0 Å². The third-order valence-corrected chi connectivity index (χ3v) is 5.79. The molecule has 1 heterocycles. The lowest BCUT2D eigenvalue weighted by Crippen LogP contribution is -2.36. The summed E-state index contributed by atoms with van der Waals surface area (Å²) in [7, 11) is -3.51. The Morgan fingerprint density at radius 3 is 2.65 bits per heavy atom. The molecule has 1 aromatic carbocycles. The van der Waals surface area contributed by atoms with Gasteiger partial charge in [0.25, 0.3) is 0 Å². The van der Waals surface area contributed by atoms with Gasteiger partial charge in [-0.15, -0.1) is 0 Å². The minimum atomic E-state index is -3.51. The van der Waals surface area contributed by atoms with Gasteiger partial charge in [0, 0.05) is 25.0 Å². The summed E-state index contributed by atoms with van der Waals surface area (Å²) in [6.45, 7) is 2.65. The molecule has 1 aliphatic rings. The fraction of sp³-hybridized carbons (Fsp3) is 0.353. The highest BCUT2D eigenvalue weighted by atomic mass is 32.2. The van der Waals surface area contributed by atoms with E-state index in [4.69, 9.17) is 4.74 Å². The summed E-state index contributed by atoms with van der Waals surface area (Å²) < 4.78 is 32.8. The van der Waals surface area contributed by atoms with Crippen LogP contribution in [0.2, 0.25) is 0 Å². The molecule has 122 valence electrons. The fourth-order valence-corrected chi connectivity index (χ4v) is 4.09. The van der Waals surface area contributed by atoms with E-state index in [0.717, 1.165) is 24.2 Å². The molecule has 0 amide bonds. The molecule has 23 heavy (non-hydrogen) atoms. The number of pyridine rings is 1. The first kappa shape index (κ1) is 16.0. The van der Waals surface area contributed by atoms with E-state index in [0.29, 0.717) is 13.2 Å². The van der Waals surface area contributed by atoms with E-state index in [2.05, 4.69) is 4.98 Å². The van der Waals surface area contributed by atoms with Crippen molar-refractivity contribution in [3.8, 4) is 5.75 Å². The summed E-state index contributed by atoms with van der Waals surface area (Å²) in [5.41, 5.74) is 1.04. The third kappa shape index (κ3) is 3.71. The monoisotopic (exact) mass is 332 g/mol. The third-order valence-electron chi connectivity index (χ3n) is 3.86. The van der Waals surface area contributed by atoms with Gasteiger partial charge in [-0.3, -0.25) is 4.98 Å². The van der Waals surface area contributed by atoms with Gasteiger partial charge in [0.1, 0.15) is 17.3 Å². The van der Waals surface area contributed by atoms with Crippen molar-refractivity contribution in [3.05, 3.63) is 54.4 Å². The average Bonchev–Trinajstić information content (AvgIpc) is 3.38. The van der Waals surface area contributed by atoms with Gasteiger partial charge < -0.3 is 4.74 Å². The number of rotatable bonds is 7. The molecule has 1 fully saturated rings. The second kappa shape index (κ2) is 6.68. The number of hydrogen-bond donors (Lipinski definition) is 0. The maximum absolute atomic E-state index is 12.8. The lowest BCUT2D eigenvalue weighted by Gasteiger charge is -2.22. The molecule has 2 aromatic rings. The van der Waals surface area contributed by atoms with Crippen LogP contribution in [-0.2, 0) is 10.0 Å². The standard InChI is InChI=1S/C17H20N2O3S/c1-14-5-2-3-7-17(14)22-12-11-19(15-8-9-15)23(20,21)16-6-4-10-18-13-16/h2-7,10,13,15H,8-9,11-12H2,1H3. The quantitative estimate of drug-likeness (QED) is 0.782. The fourth-order valence-electron chi connectivity index (χ4n) is 2.46. The highest BCUT2D eigenvalue weighted by Gasteiger charge is 2.37. The summed E-state index contributed by atoms with van der Waals surface area (Å²) in [5, 5.41) is 0. The first-order valence-electron chi connectivity index (χ1n) is 7.69. The number of para-hydroxylation sites is 1. The zero-order valence-electron chi connectivity index (χ0n) is 13.1. The van der Waals surface area contributed by atoms with Crippen molar-refractivity contribution in [2.24, 2.45) is 0 Å². The average molecular weight is 332 g/mol. The number of hydrogen-bond acceptors (Lipinski definition) is 4. The van der Waals surface area contributed by atoms with E-state index in [1.807, 2.05) is 31.2 Å². The lowest BCUT2D eigenvalue weighted by molar-refractivity contribution is 0.268. The van der Waals surface area contributed by atoms with Crippen molar-refractivity contribution in [2.75, 3.05) is 13.2 Å². The largest absolute Gasteiger partial charge is 0.492 e.